The van der Waals surface area contributed by atoms with Gasteiger partial charge in [0.15, 0.2) is 0 Å². The second-order valence-corrected chi connectivity index (χ2v) is 3.44. The molecule has 0 heterocycles. The fourth-order valence-electron chi connectivity index (χ4n) is 0.990. The van der Waals surface area contributed by atoms with E-state index in [4.69, 9.17) is 17.3 Å². The van der Waals surface area contributed by atoms with Gasteiger partial charge >= 0.3 is 0 Å². The van der Waals surface area contributed by atoms with Crippen molar-refractivity contribution in [2.45, 2.75) is 13.3 Å². The topological polar surface area (TPSA) is 20.2 Å². The predicted octanol–water partition coefficient (Wildman–Crippen LogP) is 1.90. The summed E-state index contributed by atoms with van der Waals surface area (Å²) in [5, 5.41) is 8.71. The minimum Gasteiger partial charge on any atom is -0.391 e. The van der Waals surface area contributed by atoms with Crippen LogP contribution in [0.15, 0.2) is 24.3 Å². The fourth-order valence-corrected chi connectivity index (χ4v) is 1.16. The van der Waals surface area contributed by atoms with E-state index in [1.54, 1.807) is 0 Å². The van der Waals surface area contributed by atoms with E-state index in [0.717, 1.165) is 0 Å². The molecule has 1 aromatic rings. The van der Waals surface area contributed by atoms with Crippen molar-refractivity contribution in [3.8, 4) is 0 Å². The first-order chi connectivity index (χ1) is 5.72. The average Bonchev–Trinajstić information content (AvgIpc) is 2.09. The second-order valence-electron chi connectivity index (χ2n) is 2.86. The number of hydrogen-bond acceptors (Lipinski definition) is 2. The molecule has 0 bridgehead atoms. The number of aliphatic hydroxyl groups excluding tert-OH is 1. The van der Waals surface area contributed by atoms with Crippen LogP contribution in [0.1, 0.15) is 11.1 Å². The third-order valence-corrected chi connectivity index (χ3v) is 1.97. The van der Waals surface area contributed by atoms with Gasteiger partial charge in [0.2, 0.25) is 0 Å². The zero-order valence-corrected chi connectivity index (χ0v) is 7.90. The molecule has 0 aliphatic rings. The summed E-state index contributed by atoms with van der Waals surface area (Å²) in [5.74, 6) is 0. The molecule has 0 spiro atoms. The number of hydrogen-bond donors (Lipinski definition) is 1. The monoisotopic (exact) mass is 180 g/mol. The largest absolute Gasteiger partial charge is 0.391 e. The van der Waals surface area contributed by atoms with Gasteiger partial charge < -0.3 is 5.11 Å². The van der Waals surface area contributed by atoms with E-state index in [1.807, 2.05) is 19.1 Å². The maximum Gasteiger partial charge on any atom is 0.0747 e. The Bertz CT molecular complexity index is 264. The van der Waals surface area contributed by atoms with Gasteiger partial charge in [0, 0.05) is 11.3 Å². The summed E-state index contributed by atoms with van der Waals surface area (Å²) in [5.41, 5.74) is 2.41. The molecule has 1 nitrogen and oxygen atoms in total. The number of thiocarbonyl (C=S) groups is 1. The maximum atomic E-state index is 8.71. The van der Waals surface area contributed by atoms with Crippen LogP contribution in [0.5, 0.6) is 0 Å². The zero-order chi connectivity index (χ0) is 8.97. The minimum absolute atomic E-state index is 0.00318. The van der Waals surface area contributed by atoms with Gasteiger partial charge in [-0.1, -0.05) is 42.0 Å². The van der Waals surface area contributed by atoms with Crippen LogP contribution < -0.4 is 0 Å². The molecule has 0 radical (unpaired) electrons. The van der Waals surface area contributed by atoms with E-state index < -0.39 is 0 Å². The van der Waals surface area contributed by atoms with Crippen molar-refractivity contribution in [2.75, 3.05) is 6.61 Å². The fraction of sp³-hybridized carbons (Fsp3) is 0.300. The molecule has 0 saturated heterocycles. The Morgan fingerprint density at radius 3 is 2.42 bits per heavy atom. The van der Waals surface area contributed by atoms with Crippen LogP contribution >= 0.6 is 12.2 Å². The van der Waals surface area contributed by atoms with Crippen molar-refractivity contribution < 1.29 is 5.11 Å². The highest BCUT2D eigenvalue weighted by Gasteiger charge is 1.96. The second kappa shape index (κ2) is 4.33. The van der Waals surface area contributed by atoms with Gasteiger partial charge in [-0.15, -0.1) is 0 Å². The Kier molecular flexibility index (Phi) is 3.38. The van der Waals surface area contributed by atoms with E-state index in [1.165, 1.54) is 11.1 Å². The Morgan fingerprint density at radius 2 is 1.92 bits per heavy atom. The summed E-state index contributed by atoms with van der Waals surface area (Å²) in [6, 6.07) is 8.18. The molecule has 0 unspecified atom stereocenters. The third-order valence-electron chi connectivity index (χ3n) is 1.70. The average molecular weight is 180 g/mol. The smallest absolute Gasteiger partial charge is 0.0747 e. The maximum absolute atomic E-state index is 8.71. The number of aliphatic hydroxyl groups is 1. The highest BCUT2D eigenvalue weighted by atomic mass is 32.1. The first-order valence-corrected chi connectivity index (χ1v) is 4.31. The van der Waals surface area contributed by atoms with Gasteiger partial charge in [0.05, 0.1) is 6.61 Å². The Hall–Kier alpha value is -0.730. The molecule has 0 aliphatic carbocycles. The molecule has 0 aromatic heterocycles. The van der Waals surface area contributed by atoms with E-state index >= 15 is 0 Å². The molecule has 0 aliphatic heterocycles. The molecule has 0 saturated carbocycles. The summed E-state index contributed by atoms with van der Waals surface area (Å²) in [6.07, 6.45) is 0.701. The van der Waals surface area contributed by atoms with Crippen molar-refractivity contribution in [1.29, 1.82) is 0 Å². The first kappa shape index (κ1) is 9.36. The number of benzene rings is 1. The zero-order valence-electron chi connectivity index (χ0n) is 7.08. The SMILES string of the molecule is Cc1ccc(CC(=S)CO)cc1. The molecule has 1 N–H and O–H groups in total. The van der Waals surface area contributed by atoms with Crippen LogP contribution in [0.2, 0.25) is 0 Å². The van der Waals surface area contributed by atoms with Crippen molar-refractivity contribution in [3.05, 3.63) is 35.4 Å². The van der Waals surface area contributed by atoms with Crippen LogP contribution in [0.3, 0.4) is 0 Å². The highest BCUT2D eigenvalue weighted by Crippen LogP contribution is 2.04. The molecule has 2 heteroatoms. The lowest BCUT2D eigenvalue weighted by atomic mass is 10.1. The van der Waals surface area contributed by atoms with Gasteiger partial charge in [0.25, 0.3) is 0 Å². The van der Waals surface area contributed by atoms with Gasteiger partial charge in [-0.3, -0.25) is 0 Å². The third kappa shape index (κ3) is 2.72. The molecular formula is C10H12OS. The van der Waals surface area contributed by atoms with Gasteiger partial charge in [-0.25, -0.2) is 0 Å². The van der Waals surface area contributed by atoms with Gasteiger partial charge in [-0.05, 0) is 12.5 Å². The Labute approximate surface area is 78.0 Å². The minimum atomic E-state index is 0.00318. The van der Waals surface area contributed by atoms with Crippen LogP contribution in [-0.2, 0) is 6.42 Å². The first-order valence-electron chi connectivity index (χ1n) is 3.90. The van der Waals surface area contributed by atoms with Crippen molar-refractivity contribution in [2.24, 2.45) is 0 Å². The summed E-state index contributed by atoms with van der Waals surface area (Å²) >= 11 is 4.92. The van der Waals surface area contributed by atoms with E-state index in [0.29, 0.717) is 11.3 Å². The molecule has 1 aromatic carbocycles. The highest BCUT2D eigenvalue weighted by molar-refractivity contribution is 7.80. The standard InChI is InChI=1S/C10H12OS/c1-8-2-4-9(5-3-8)6-10(12)7-11/h2-5,11H,6-7H2,1H3. The van der Waals surface area contributed by atoms with Crippen LogP contribution in [0.4, 0.5) is 0 Å². The van der Waals surface area contributed by atoms with Crippen molar-refractivity contribution in [3.63, 3.8) is 0 Å². The summed E-state index contributed by atoms with van der Waals surface area (Å²) in [4.78, 5) is 0.693. The summed E-state index contributed by atoms with van der Waals surface area (Å²) in [7, 11) is 0. The molecule has 0 fully saturated rings. The lowest BCUT2D eigenvalue weighted by Crippen LogP contribution is -2.04. The van der Waals surface area contributed by atoms with E-state index in [2.05, 4.69) is 12.1 Å². The van der Waals surface area contributed by atoms with Gasteiger partial charge in [0.1, 0.15) is 0 Å². The molecule has 64 valence electrons. The quantitative estimate of drug-likeness (QED) is 0.717. The molecule has 1 rings (SSSR count). The number of aryl methyl sites for hydroxylation is 1. The lowest BCUT2D eigenvalue weighted by molar-refractivity contribution is 0.358. The predicted molar refractivity (Wildman–Crippen MR) is 54.6 cm³/mol. The molecule has 12 heavy (non-hydrogen) atoms. The normalized spacial score (nSPS) is 9.83. The Balaban J connectivity index is 2.64. The summed E-state index contributed by atoms with van der Waals surface area (Å²) in [6.45, 7) is 2.05. The lowest BCUT2D eigenvalue weighted by Gasteiger charge is -2.00. The van der Waals surface area contributed by atoms with E-state index in [9.17, 15) is 0 Å². The Morgan fingerprint density at radius 1 is 1.33 bits per heavy atom. The molecule has 0 amide bonds. The number of rotatable bonds is 3. The molecular weight excluding hydrogens is 168 g/mol. The van der Waals surface area contributed by atoms with Crippen LogP contribution in [-0.4, -0.2) is 16.6 Å². The van der Waals surface area contributed by atoms with Crippen LogP contribution in [0, 0.1) is 6.92 Å². The molecule has 0 atom stereocenters. The van der Waals surface area contributed by atoms with Gasteiger partial charge in [-0.2, -0.15) is 0 Å². The van der Waals surface area contributed by atoms with Crippen molar-refractivity contribution in [1.82, 2.24) is 0 Å². The van der Waals surface area contributed by atoms with Crippen LogP contribution in [0.25, 0.3) is 0 Å². The van der Waals surface area contributed by atoms with E-state index in [-0.39, 0.29) is 6.61 Å². The summed E-state index contributed by atoms with van der Waals surface area (Å²) < 4.78 is 0. The van der Waals surface area contributed by atoms with Crippen molar-refractivity contribution >= 4 is 17.1 Å².